The van der Waals surface area contributed by atoms with Crippen LogP contribution in [0.15, 0.2) is 47.5 Å². The maximum absolute atomic E-state index is 12.1. The molecule has 1 aliphatic carbocycles. The highest BCUT2D eigenvalue weighted by Crippen LogP contribution is 2.30. The van der Waals surface area contributed by atoms with Crippen molar-refractivity contribution in [1.29, 1.82) is 0 Å². The number of carbonyl (C=O) groups is 1. The number of aliphatic imine (C=N–C) groups is 1. The molecule has 0 unspecified atom stereocenters. The van der Waals surface area contributed by atoms with Gasteiger partial charge >= 0.3 is 0 Å². The van der Waals surface area contributed by atoms with Crippen molar-refractivity contribution in [2.75, 3.05) is 34.4 Å². The minimum absolute atomic E-state index is 0.0206. The molecule has 7 heteroatoms. The lowest BCUT2D eigenvalue weighted by molar-refractivity contribution is -0.127. The summed E-state index contributed by atoms with van der Waals surface area (Å²) in [4.78, 5) is 18.3. The van der Waals surface area contributed by atoms with E-state index in [9.17, 15) is 4.79 Å². The molecule has 3 rings (SSSR count). The third-order valence-corrected chi connectivity index (χ3v) is 5.33. The van der Waals surface area contributed by atoms with Crippen molar-refractivity contribution in [3.05, 3.63) is 59.2 Å². The molecule has 0 aliphatic heterocycles. The van der Waals surface area contributed by atoms with E-state index in [4.69, 9.17) is 9.47 Å². The van der Waals surface area contributed by atoms with Gasteiger partial charge < -0.3 is 25.0 Å². The summed E-state index contributed by atoms with van der Waals surface area (Å²) in [6.45, 7) is 4.03. The Balaban J connectivity index is 1.67. The molecule has 1 amide bonds. The molecule has 0 bridgehead atoms. The lowest BCUT2D eigenvalue weighted by Crippen LogP contribution is -2.42. The molecule has 7 nitrogen and oxygen atoms in total. The Morgan fingerprint density at radius 2 is 1.88 bits per heavy atom. The van der Waals surface area contributed by atoms with E-state index in [0.29, 0.717) is 25.0 Å². The van der Waals surface area contributed by atoms with Crippen molar-refractivity contribution >= 4 is 11.9 Å². The number of guanidine groups is 1. The number of amides is 1. The molecule has 2 N–H and O–H groups in total. The summed E-state index contributed by atoms with van der Waals surface area (Å²) in [6, 6.07) is 14.0. The first-order valence-corrected chi connectivity index (χ1v) is 11.0. The van der Waals surface area contributed by atoms with Crippen LogP contribution in [0.3, 0.4) is 0 Å². The molecule has 2 aromatic rings. The van der Waals surface area contributed by atoms with Crippen molar-refractivity contribution in [1.82, 2.24) is 15.5 Å². The summed E-state index contributed by atoms with van der Waals surface area (Å²) in [5.74, 6) is 2.96. The first-order valence-electron chi connectivity index (χ1n) is 11.0. The smallest absolute Gasteiger partial charge is 0.241 e. The highest BCUT2D eigenvalue weighted by molar-refractivity contribution is 5.86. The lowest BCUT2D eigenvalue weighted by atomic mass is 10.1. The van der Waals surface area contributed by atoms with Crippen LogP contribution in [-0.4, -0.2) is 51.1 Å². The fourth-order valence-corrected chi connectivity index (χ4v) is 3.01. The summed E-state index contributed by atoms with van der Waals surface area (Å²) in [6.07, 6.45) is 2.51. The Kier molecular flexibility index (Phi) is 8.36. The third-order valence-electron chi connectivity index (χ3n) is 5.33. The Labute approximate surface area is 190 Å². The number of nitrogens with zero attached hydrogens (tertiary/aromatic N) is 2. The maximum atomic E-state index is 12.1. The van der Waals surface area contributed by atoms with Crippen LogP contribution >= 0.6 is 0 Å². The summed E-state index contributed by atoms with van der Waals surface area (Å²) < 4.78 is 11.3. The summed E-state index contributed by atoms with van der Waals surface area (Å²) in [5, 5.41) is 6.49. The van der Waals surface area contributed by atoms with Gasteiger partial charge in [-0.15, -0.1) is 0 Å². The second-order valence-corrected chi connectivity index (χ2v) is 8.37. The van der Waals surface area contributed by atoms with Crippen LogP contribution in [0.25, 0.3) is 0 Å². The minimum Gasteiger partial charge on any atom is -0.497 e. The van der Waals surface area contributed by atoms with Crippen molar-refractivity contribution in [2.45, 2.75) is 32.9 Å². The Bertz CT molecular complexity index is 921. The fourth-order valence-electron chi connectivity index (χ4n) is 3.01. The van der Waals surface area contributed by atoms with Gasteiger partial charge in [0.25, 0.3) is 0 Å². The van der Waals surface area contributed by atoms with E-state index in [1.54, 1.807) is 26.1 Å². The number of ether oxygens (including phenoxy) is 2. The Morgan fingerprint density at radius 1 is 1.12 bits per heavy atom. The average Bonchev–Trinajstić information content (AvgIpc) is 3.62. The van der Waals surface area contributed by atoms with Crippen molar-refractivity contribution in [3.8, 4) is 11.5 Å². The molecule has 0 spiro atoms. The number of aryl methyl sites for hydroxylation is 1. The van der Waals surface area contributed by atoms with Crippen LogP contribution in [0, 0.1) is 12.8 Å². The molecule has 1 aliphatic rings. The van der Waals surface area contributed by atoms with Gasteiger partial charge in [-0.1, -0.05) is 24.3 Å². The standard InChI is InChI=1S/C25H34N4O3/c1-18-5-10-21(23(13-18)32-17-20-6-7-20)15-27-25(28-16-24(30)29(2)3)26-14-19-8-11-22(31-4)12-9-19/h5,8-13,20H,6-7,14-17H2,1-4H3,(H2,26,27,28). The van der Waals surface area contributed by atoms with Crippen LogP contribution in [0.2, 0.25) is 0 Å². The molecular formula is C25H34N4O3. The van der Waals surface area contributed by atoms with Crippen molar-refractivity contribution < 1.29 is 14.3 Å². The summed E-state index contributed by atoms with van der Waals surface area (Å²) in [5.41, 5.74) is 3.28. The Morgan fingerprint density at radius 3 is 2.53 bits per heavy atom. The van der Waals surface area contributed by atoms with Crippen LogP contribution in [0.4, 0.5) is 0 Å². The van der Waals surface area contributed by atoms with E-state index in [2.05, 4.69) is 40.7 Å². The first kappa shape index (κ1) is 23.4. The van der Waals surface area contributed by atoms with Gasteiger partial charge in [-0.05, 0) is 55.0 Å². The molecule has 0 radical (unpaired) electrons. The predicted molar refractivity (Wildman–Crippen MR) is 127 cm³/mol. The van der Waals surface area contributed by atoms with Gasteiger partial charge in [0.15, 0.2) is 5.96 Å². The van der Waals surface area contributed by atoms with Crippen LogP contribution in [0.5, 0.6) is 11.5 Å². The molecule has 32 heavy (non-hydrogen) atoms. The Hall–Kier alpha value is -3.22. The predicted octanol–water partition coefficient (Wildman–Crippen LogP) is 3.12. The van der Waals surface area contributed by atoms with Gasteiger partial charge in [-0.2, -0.15) is 0 Å². The van der Waals surface area contributed by atoms with Crippen molar-refractivity contribution in [3.63, 3.8) is 0 Å². The molecule has 1 fully saturated rings. The number of hydrogen-bond acceptors (Lipinski definition) is 4. The van der Waals surface area contributed by atoms with E-state index < -0.39 is 0 Å². The lowest BCUT2D eigenvalue weighted by Gasteiger charge is -2.17. The zero-order valence-electron chi connectivity index (χ0n) is 19.5. The monoisotopic (exact) mass is 438 g/mol. The average molecular weight is 439 g/mol. The quantitative estimate of drug-likeness (QED) is 0.440. The van der Waals surface area contributed by atoms with Crippen LogP contribution in [-0.2, 0) is 17.9 Å². The van der Waals surface area contributed by atoms with E-state index >= 15 is 0 Å². The van der Waals surface area contributed by atoms with Gasteiger partial charge in [0.05, 0.1) is 26.8 Å². The molecule has 0 aromatic heterocycles. The van der Waals surface area contributed by atoms with Gasteiger partial charge in [0, 0.05) is 26.2 Å². The highest BCUT2D eigenvalue weighted by atomic mass is 16.5. The molecule has 172 valence electrons. The zero-order valence-corrected chi connectivity index (χ0v) is 19.5. The number of likely N-dealkylation sites (N-methyl/N-ethyl adjacent to an activating group) is 1. The van der Waals surface area contributed by atoms with Gasteiger partial charge in [-0.25, -0.2) is 4.99 Å². The number of methoxy groups -OCH3 is 1. The summed E-state index contributed by atoms with van der Waals surface area (Å²) >= 11 is 0. The van der Waals surface area contributed by atoms with Crippen LogP contribution < -0.4 is 20.1 Å². The molecule has 0 saturated heterocycles. The number of rotatable bonds is 10. The van der Waals surface area contributed by atoms with Crippen molar-refractivity contribution in [2.24, 2.45) is 10.9 Å². The number of carbonyl (C=O) groups excluding carboxylic acids is 1. The molecule has 0 atom stereocenters. The van der Waals surface area contributed by atoms with Gasteiger partial charge in [0.2, 0.25) is 5.91 Å². The minimum atomic E-state index is -0.0206. The SMILES string of the molecule is COc1ccc(CN=C(NCC(=O)N(C)C)NCc2ccc(C)cc2OCC2CC2)cc1. The van der Waals surface area contributed by atoms with E-state index in [1.165, 1.54) is 18.4 Å². The van der Waals surface area contributed by atoms with E-state index in [0.717, 1.165) is 29.2 Å². The zero-order chi connectivity index (χ0) is 22.9. The molecule has 0 heterocycles. The largest absolute Gasteiger partial charge is 0.497 e. The van der Waals surface area contributed by atoms with Gasteiger partial charge in [0.1, 0.15) is 11.5 Å². The second kappa shape index (κ2) is 11.4. The molecule has 1 saturated carbocycles. The molecular weight excluding hydrogens is 404 g/mol. The normalized spacial score (nSPS) is 13.4. The highest BCUT2D eigenvalue weighted by Gasteiger charge is 2.22. The van der Waals surface area contributed by atoms with E-state index in [1.807, 2.05) is 24.3 Å². The number of benzene rings is 2. The number of nitrogens with one attached hydrogen (secondary N) is 2. The second-order valence-electron chi connectivity index (χ2n) is 8.37. The van der Waals surface area contributed by atoms with Crippen LogP contribution in [0.1, 0.15) is 29.5 Å². The first-order chi connectivity index (χ1) is 15.4. The molecule has 2 aromatic carbocycles. The maximum Gasteiger partial charge on any atom is 0.241 e. The number of hydrogen-bond donors (Lipinski definition) is 2. The fraction of sp³-hybridized carbons (Fsp3) is 0.440. The topological polar surface area (TPSA) is 75.2 Å². The third kappa shape index (κ3) is 7.48. The summed E-state index contributed by atoms with van der Waals surface area (Å²) in [7, 11) is 5.12. The van der Waals surface area contributed by atoms with E-state index in [-0.39, 0.29) is 12.5 Å². The van der Waals surface area contributed by atoms with Gasteiger partial charge in [-0.3, -0.25) is 4.79 Å².